The molecular formula is C19H16O2P+. The molecule has 0 aliphatic carbocycles. The highest BCUT2D eigenvalue weighted by atomic mass is 31.2. The van der Waals surface area contributed by atoms with Crippen LogP contribution >= 0.6 is 7.26 Å². The molecule has 0 aliphatic heterocycles. The van der Waals surface area contributed by atoms with Crippen LogP contribution in [0.5, 0.6) is 0 Å². The zero-order valence-corrected chi connectivity index (χ0v) is 12.9. The van der Waals surface area contributed by atoms with Crippen molar-refractivity contribution in [3.63, 3.8) is 0 Å². The maximum absolute atomic E-state index is 12.5. The van der Waals surface area contributed by atoms with Gasteiger partial charge in [0.15, 0.2) is 0 Å². The molecule has 2 nitrogen and oxygen atoms in total. The summed E-state index contributed by atoms with van der Waals surface area (Å²) in [5.41, 5.74) is -0.767. The van der Waals surface area contributed by atoms with E-state index < -0.39 is 13.0 Å². The van der Waals surface area contributed by atoms with Crippen LogP contribution in [0.25, 0.3) is 0 Å². The molecule has 0 heterocycles. The first-order chi connectivity index (χ1) is 10.8. The van der Waals surface area contributed by atoms with E-state index in [9.17, 15) is 9.90 Å². The topological polar surface area (TPSA) is 37.3 Å². The van der Waals surface area contributed by atoms with Crippen LogP contribution in [0.4, 0.5) is 4.79 Å². The largest absolute Gasteiger partial charge is 0.464 e. The van der Waals surface area contributed by atoms with Gasteiger partial charge in [0, 0.05) is 0 Å². The minimum Gasteiger partial charge on any atom is -0.451 e. The molecule has 0 unspecified atom stereocenters. The van der Waals surface area contributed by atoms with Crippen molar-refractivity contribution in [1.29, 1.82) is 0 Å². The normalized spacial score (nSPS) is 11.1. The molecule has 0 aromatic heterocycles. The third-order valence-corrected chi connectivity index (χ3v) is 7.51. The summed E-state index contributed by atoms with van der Waals surface area (Å²) >= 11 is 0. The van der Waals surface area contributed by atoms with Crippen LogP contribution in [0.3, 0.4) is 0 Å². The van der Waals surface area contributed by atoms with Gasteiger partial charge in [0.25, 0.3) is 0 Å². The maximum Gasteiger partial charge on any atom is 0.464 e. The van der Waals surface area contributed by atoms with Crippen LogP contribution in [0.15, 0.2) is 91.0 Å². The predicted octanol–water partition coefficient (Wildman–Crippen LogP) is 3.66. The molecule has 0 bridgehead atoms. The summed E-state index contributed by atoms with van der Waals surface area (Å²) in [6.07, 6.45) is 0. The molecule has 0 amide bonds. The molecule has 3 aromatic carbocycles. The van der Waals surface area contributed by atoms with E-state index in [1.807, 2.05) is 91.0 Å². The summed E-state index contributed by atoms with van der Waals surface area (Å²) in [7, 11) is -2.71. The number of carbonyl (C=O) groups is 1. The Hall–Kier alpha value is -2.44. The second kappa shape index (κ2) is 6.13. The van der Waals surface area contributed by atoms with E-state index >= 15 is 0 Å². The van der Waals surface area contributed by atoms with Crippen molar-refractivity contribution in [2.24, 2.45) is 0 Å². The van der Waals surface area contributed by atoms with E-state index in [0.717, 1.165) is 15.9 Å². The highest BCUT2D eigenvalue weighted by molar-refractivity contribution is 8.07. The zero-order valence-electron chi connectivity index (χ0n) is 12.0. The molecule has 0 aliphatic rings. The molecule has 0 saturated carbocycles. The zero-order chi connectivity index (χ0) is 15.4. The Morgan fingerprint density at radius 1 is 0.591 bits per heavy atom. The van der Waals surface area contributed by atoms with Crippen LogP contribution in [0.2, 0.25) is 0 Å². The molecular weight excluding hydrogens is 291 g/mol. The van der Waals surface area contributed by atoms with Gasteiger partial charge in [-0.3, -0.25) is 0 Å². The fourth-order valence-electron chi connectivity index (χ4n) is 2.73. The highest BCUT2D eigenvalue weighted by Gasteiger charge is 2.54. The standard InChI is InChI=1S/C19H15O2P/c20-19(21)22(16-10-4-1-5-11-16,17-12-6-2-7-13-17)18-14-8-3-9-15-18/h1-15H/p+1. The van der Waals surface area contributed by atoms with Gasteiger partial charge < -0.3 is 5.11 Å². The monoisotopic (exact) mass is 307 g/mol. The lowest BCUT2D eigenvalue weighted by Gasteiger charge is -2.21. The summed E-state index contributed by atoms with van der Waals surface area (Å²) in [5.74, 6) is 0. The summed E-state index contributed by atoms with van der Waals surface area (Å²) in [6, 6.07) is 28.7. The molecule has 3 heteroatoms. The van der Waals surface area contributed by atoms with Gasteiger partial charge in [-0.25, -0.2) is 4.79 Å². The van der Waals surface area contributed by atoms with Gasteiger partial charge in [0.2, 0.25) is 7.26 Å². The van der Waals surface area contributed by atoms with Crippen molar-refractivity contribution >= 4 is 28.9 Å². The fourth-order valence-corrected chi connectivity index (χ4v) is 6.15. The number of rotatable bonds is 4. The number of carboxylic acid groups (broad SMARTS) is 1. The van der Waals surface area contributed by atoms with Crippen LogP contribution in [-0.2, 0) is 0 Å². The highest BCUT2D eigenvalue weighted by Crippen LogP contribution is 2.55. The Balaban J connectivity index is 2.37. The van der Waals surface area contributed by atoms with E-state index in [-0.39, 0.29) is 0 Å². The van der Waals surface area contributed by atoms with E-state index in [1.165, 1.54) is 0 Å². The molecule has 0 radical (unpaired) electrons. The minimum atomic E-state index is -2.71. The smallest absolute Gasteiger partial charge is 0.451 e. The second-order valence-electron chi connectivity index (χ2n) is 4.96. The van der Waals surface area contributed by atoms with Crippen molar-refractivity contribution < 1.29 is 9.90 Å². The third-order valence-electron chi connectivity index (χ3n) is 3.72. The van der Waals surface area contributed by atoms with E-state index in [0.29, 0.717) is 0 Å². The van der Waals surface area contributed by atoms with Gasteiger partial charge in [0.05, 0.1) is 0 Å². The Morgan fingerprint density at radius 2 is 0.864 bits per heavy atom. The van der Waals surface area contributed by atoms with Gasteiger partial charge in [-0.05, 0) is 36.4 Å². The van der Waals surface area contributed by atoms with Gasteiger partial charge in [-0.1, -0.05) is 54.6 Å². The van der Waals surface area contributed by atoms with E-state index in [1.54, 1.807) is 0 Å². The van der Waals surface area contributed by atoms with Gasteiger partial charge in [0.1, 0.15) is 15.9 Å². The third kappa shape index (κ3) is 2.32. The maximum atomic E-state index is 12.5. The Kier molecular flexibility index (Phi) is 4.04. The summed E-state index contributed by atoms with van der Waals surface area (Å²) in [5, 5.41) is 12.8. The SMILES string of the molecule is O=C(O)[P+](c1ccccc1)(c1ccccc1)c1ccccc1. The molecule has 1 N–H and O–H groups in total. The Bertz CT molecular complexity index is 659. The molecule has 0 spiro atoms. The molecule has 0 fully saturated rings. The molecule has 0 atom stereocenters. The van der Waals surface area contributed by atoms with Gasteiger partial charge in [-0.15, -0.1) is 0 Å². The molecule has 22 heavy (non-hydrogen) atoms. The van der Waals surface area contributed by atoms with Gasteiger partial charge >= 0.3 is 5.71 Å². The first-order valence-corrected chi connectivity index (χ1v) is 8.84. The number of benzene rings is 3. The van der Waals surface area contributed by atoms with Crippen molar-refractivity contribution in [2.75, 3.05) is 0 Å². The van der Waals surface area contributed by atoms with Crippen LogP contribution < -0.4 is 15.9 Å². The first-order valence-electron chi connectivity index (χ1n) is 7.05. The number of hydrogen-bond acceptors (Lipinski definition) is 1. The Labute approximate surface area is 130 Å². The van der Waals surface area contributed by atoms with Crippen molar-refractivity contribution in [3.05, 3.63) is 91.0 Å². The average molecular weight is 307 g/mol. The van der Waals surface area contributed by atoms with Crippen LogP contribution in [0.1, 0.15) is 0 Å². The van der Waals surface area contributed by atoms with Crippen LogP contribution in [0, 0.1) is 0 Å². The lowest BCUT2D eigenvalue weighted by atomic mass is 10.4. The summed E-state index contributed by atoms with van der Waals surface area (Å²) < 4.78 is 0. The lowest BCUT2D eigenvalue weighted by Crippen LogP contribution is -2.35. The predicted molar refractivity (Wildman–Crippen MR) is 93.2 cm³/mol. The van der Waals surface area contributed by atoms with Crippen molar-refractivity contribution in [3.8, 4) is 0 Å². The van der Waals surface area contributed by atoms with Crippen molar-refractivity contribution in [1.82, 2.24) is 0 Å². The van der Waals surface area contributed by atoms with Crippen molar-refractivity contribution in [2.45, 2.75) is 0 Å². The van der Waals surface area contributed by atoms with E-state index in [4.69, 9.17) is 0 Å². The first kappa shape index (κ1) is 14.5. The second-order valence-corrected chi connectivity index (χ2v) is 8.23. The minimum absolute atomic E-state index is 0.767. The molecule has 3 aromatic rings. The molecule has 0 saturated heterocycles. The van der Waals surface area contributed by atoms with Gasteiger partial charge in [-0.2, -0.15) is 0 Å². The summed E-state index contributed by atoms with van der Waals surface area (Å²) in [4.78, 5) is 12.5. The quantitative estimate of drug-likeness (QED) is 0.747. The lowest BCUT2D eigenvalue weighted by molar-refractivity contribution is 0.221. The van der Waals surface area contributed by atoms with E-state index in [2.05, 4.69) is 0 Å². The van der Waals surface area contributed by atoms with Crippen LogP contribution in [-0.4, -0.2) is 10.8 Å². The molecule has 3 rings (SSSR count). The number of hydrogen-bond donors (Lipinski definition) is 1. The Morgan fingerprint density at radius 3 is 1.09 bits per heavy atom. The fraction of sp³-hybridized carbons (Fsp3) is 0. The molecule has 108 valence electrons. The summed E-state index contributed by atoms with van der Waals surface area (Å²) in [6.45, 7) is 0. The average Bonchev–Trinajstić information content (AvgIpc) is 2.58.